The van der Waals surface area contributed by atoms with Crippen LogP contribution in [0.5, 0.6) is 5.75 Å². The molecule has 0 aromatic heterocycles. The van der Waals surface area contributed by atoms with E-state index < -0.39 is 12.5 Å². The molecule has 1 saturated heterocycles. The molecule has 1 unspecified atom stereocenters. The molecule has 0 aliphatic carbocycles. The number of nitrogens with two attached hydrogens (primary N) is 1. The zero-order valence-corrected chi connectivity index (χ0v) is 13.0. The van der Waals surface area contributed by atoms with E-state index in [2.05, 4.69) is 15.4 Å². The number of anilines is 1. The number of ether oxygens (including phenoxy) is 1. The third-order valence-corrected chi connectivity index (χ3v) is 3.61. The van der Waals surface area contributed by atoms with Gasteiger partial charge >= 0.3 is 6.61 Å². The van der Waals surface area contributed by atoms with Gasteiger partial charge in [-0.05, 0) is 18.6 Å². The van der Waals surface area contributed by atoms with Crippen molar-refractivity contribution in [3.05, 3.63) is 24.3 Å². The van der Waals surface area contributed by atoms with Crippen LogP contribution in [0.1, 0.15) is 6.42 Å². The summed E-state index contributed by atoms with van der Waals surface area (Å²) in [6.45, 7) is -2.14. The van der Waals surface area contributed by atoms with E-state index in [9.17, 15) is 18.4 Å². The number of alkyl halides is 2. The molecule has 2 amide bonds. The lowest BCUT2D eigenvalue weighted by molar-refractivity contribution is -0.125. The van der Waals surface area contributed by atoms with Crippen molar-refractivity contribution in [3.8, 4) is 5.75 Å². The van der Waals surface area contributed by atoms with Crippen LogP contribution in [0.25, 0.3) is 0 Å². The monoisotopic (exact) mass is 342 g/mol. The van der Waals surface area contributed by atoms with E-state index in [1.54, 1.807) is 18.2 Å². The van der Waals surface area contributed by atoms with E-state index in [0.717, 1.165) is 0 Å². The van der Waals surface area contributed by atoms with Crippen molar-refractivity contribution in [2.45, 2.75) is 19.1 Å². The highest BCUT2D eigenvalue weighted by atomic mass is 19.3. The summed E-state index contributed by atoms with van der Waals surface area (Å²) < 4.78 is 29.5. The smallest absolute Gasteiger partial charge is 0.387 e. The lowest BCUT2D eigenvalue weighted by atomic mass is 10.2. The van der Waals surface area contributed by atoms with Gasteiger partial charge in [0.05, 0.1) is 18.8 Å². The molecule has 4 N–H and O–H groups in total. The Hall–Kier alpha value is -2.42. The van der Waals surface area contributed by atoms with Gasteiger partial charge in [-0.2, -0.15) is 8.78 Å². The van der Waals surface area contributed by atoms with Gasteiger partial charge in [0.25, 0.3) is 0 Å². The highest BCUT2D eigenvalue weighted by Crippen LogP contribution is 2.31. The van der Waals surface area contributed by atoms with Gasteiger partial charge in [-0.15, -0.1) is 0 Å². The predicted octanol–water partition coefficient (Wildman–Crippen LogP) is 0.0578. The molecule has 132 valence electrons. The van der Waals surface area contributed by atoms with Crippen molar-refractivity contribution < 1.29 is 23.1 Å². The van der Waals surface area contributed by atoms with E-state index in [1.165, 1.54) is 6.07 Å². The Morgan fingerprint density at radius 2 is 2.08 bits per heavy atom. The molecule has 0 saturated carbocycles. The number of nitrogens with one attached hydrogen (secondary N) is 2. The van der Waals surface area contributed by atoms with Gasteiger partial charge in [-0.1, -0.05) is 12.1 Å². The van der Waals surface area contributed by atoms with Crippen molar-refractivity contribution >= 4 is 17.5 Å². The highest BCUT2D eigenvalue weighted by Gasteiger charge is 2.26. The number of para-hydroxylation sites is 2. The number of benzene rings is 1. The third-order valence-electron chi connectivity index (χ3n) is 3.61. The minimum absolute atomic E-state index is 0.106. The van der Waals surface area contributed by atoms with Crippen molar-refractivity contribution in [3.63, 3.8) is 0 Å². The zero-order valence-electron chi connectivity index (χ0n) is 13.0. The van der Waals surface area contributed by atoms with Gasteiger partial charge in [0, 0.05) is 19.1 Å². The minimum Gasteiger partial charge on any atom is -0.433 e. The van der Waals surface area contributed by atoms with E-state index >= 15 is 0 Å². The molecule has 0 bridgehead atoms. The first-order valence-electron chi connectivity index (χ1n) is 7.54. The summed E-state index contributed by atoms with van der Waals surface area (Å²) in [5, 5.41) is 5.18. The fourth-order valence-corrected chi connectivity index (χ4v) is 2.54. The van der Waals surface area contributed by atoms with Crippen LogP contribution in [-0.2, 0) is 9.59 Å². The number of carbonyl (C=O) groups is 2. The lowest BCUT2D eigenvalue weighted by Crippen LogP contribution is -2.44. The van der Waals surface area contributed by atoms with Crippen LogP contribution in [0.2, 0.25) is 0 Å². The van der Waals surface area contributed by atoms with E-state index in [4.69, 9.17) is 5.73 Å². The summed E-state index contributed by atoms with van der Waals surface area (Å²) in [4.78, 5) is 24.7. The number of amides is 2. The fourth-order valence-electron chi connectivity index (χ4n) is 2.54. The van der Waals surface area contributed by atoms with Crippen LogP contribution in [0.3, 0.4) is 0 Å². The van der Waals surface area contributed by atoms with Gasteiger partial charge in [0.15, 0.2) is 0 Å². The van der Waals surface area contributed by atoms with Crippen LogP contribution in [0.15, 0.2) is 24.3 Å². The maximum atomic E-state index is 12.5. The number of hydrogen-bond donors (Lipinski definition) is 3. The van der Waals surface area contributed by atoms with Crippen molar-refractivity contribution in [1.29, 1.82) is 0 Å². The molecule has 1 aliphatic rings. The molecule has 1 fully saturated rings. The summed E-state index contributed by atoms with van der Waals surface area (Å²) in [5.74, 6) is -0.619. The topological polar surface area (TPSA) is 96.7 Å². The third kappa shape index (κ3) is 5.05. The minimum atomic E-state index is -2.89. The molecule has 7 nitrogen and oxygen atoms in total. The Bertz CT molecular complexity index is 586. The number of halogens is 2. The number of nitrogens with zero attached hydrogens (tertiary/aromatic N) is 1. The Balaban J connectivity index is 1.89. The van der Waals surface area contributed by atoms with Crippen molar-refractivity contribution in [2.24, 2.45) is 5.73 Å². The zero-order chi connectivity index (χ0) is 17.5. The second-order valence-electron chi connectivity index (χ2n) is 5.33. The lowest BCUT2D eigenvalue weighted by Gasteiger charge is -2.22. The van der Waals surface area contributed by atoms with Gasteiger partial charge in [-0.3, -0.25) is 9.59 Å². The number of rotatable bonds is 7. The molecule has 1 aromatic rings. The van der Waals surface area contributed by atoms with Crippen LogP contribution < -0.4 is 26.0 Å². The Labute approximate surface area is 138 Å². The van der Waals surface area contributed by atoms with Crippen molar-refractivity contribution in [2.75, 3.05) is 31.1 Å². The SMILES string of the molecule is NCC(=O)NCC(=O)NC1CCN(c2ccccc2OC(F)F)C1. The molecule has 24 heavy (non-hydrogen) atoms. The van der Waals surface area contributed by atoms with Gasteiger partial charge in [0.1, 0.15) is 5.75 Å². The van der Waals surface area contributed by atoms with Crippen LogP contribution in [-0.4, -0.2) is 50.6 Å². The maximum Gasteiger partial charge on any atom is 0.387 e. The molecule has 1 heterocycles. The van der Waals surface area contributed by atoms with Gasteiger partial charge in [0.2, 0.25) is 11.8 Å². The first kappa shape index (κ1) is 17.9. The second kappa shape index (κ2) is 8.44. The quantitative estimate of drug-likeness (QED) is 0.651. The van der Waals surface area contributed by atoms with E-state index in [1.807, 2.05) is 4.90 Å². The molecular weight excluding hydrogens is 322 g/mol. The molecule has 0 spiro atoms. The van der Waals surface area contributed by atoms with E-state index in [-0.39, 0.29) is 30.8 Å². The molecule has 0 radical (unpaired) electrons. The van der Waals surface area contributed by atoms with E-state index in [0.29, 0.717) is 25.2 Å². The summed E-state index contributed by atoms with van der Waals surface area (Å²) in [5.41, 5.74) is 5.70. The maximum absolute atomic E-state index is 12.5. The van der Waals surface area contributed by atoms with Crippen molar-refractivity contribution in [1.82, 2.24) is 10.6 Å². The number of hydrogen-bond acceptors (Lipinski definition) is 5. The Morgan fingerprint density at radius 3 is 2.79 bits per heavy atom. The molecule has 1 atom stereocenters. The second-order valence-corrected chi connectivity index (χ2v) is 5.33. The van der Waals surface area contributed by atoms with Crippen LogP contribution in [0, 0.1) is 0 Å². The largest absolute Gasteiger partial charge is 0.433 e. The average molecular weight is 342 g/mol. The first-order valence-corrected chi connectivity index (χ1v) is 7.54. The summed E-state index contributed by atoms with van der Waals surface area (Å²) in [6, 6.07) is 6.41. The first-order chi connectivity index (χ1) is 11.5. The molecule has 1 aliphatic heterocycles. The molecular formula is C15H20F2N4O3. The number of carbonyl (C=O) groups excluding carboxylic acids is 2. The average Bonchev–Trinajstić information content (AvgIpc) is 3.00. The van der Waals surface area contributed by atoms with Crippen LogP contribution >= 0.6 is 0 Å². The highest BCUT2D eigenvalue weighted by molar-refractivity contribution is 5.85. The Morgan fingerprint density at radius 1 is 1.33 bits per heavy atom. The summed E-state index contributed by atoms with van der Waals surface area (Å²) in [7, 11) is 0. The summed E-state index contributed by atoms with van der Waals surface area (Å²) in [6.07, 6.45) is 0.666. The Kier molecular flexibility index (Phi) is 6.30. The fraction of sp³-hybridized carbons (Fsp3) is 0.467. The van der Waals surface area contributed by atoms with Gasteiger partial charge < -0.3 is 26.0 Å². The molecule has 9 heteroatoms. The molecule has 2 rings (SSSR count). The summed E-state index contributed by atoms with van der Waals surface area (Å²) >= 11 is 0. The predicted molar refractivity (Wildman–Crippen MR) is 83.9 cm³/mol. The normalized spacial score (nSPS) is 17.0. The molecule has 1 aromatic carbocycles. The standard InChI is InChI=1S/C15H20F2N4O3/c16-15(17)24-12-4-2-1-3-11(12)21-6-5-10(9-21)20-14(23)8-19-13(22)7-18/h1-4,10,15H,5-9,18H2,(H,19,22)(H,20,23). The van der Waals surface area contributed by atoms with Crippen LogP contribution in [0.4, 0.5) is 14.5 Å². The van der Waals surface area contributed by atoms with Gasteiger partial charge in [-0.25, -0.2) is 0 Å².